The van der Waals surface area contributed by atoms with Crippen molar-refractivity contribution in [2.75, 3.05) is 13.2 Å². The van der Waals surface area contributed by atoms with Crippen LogP contribution in [0.1, 0.15) is 47.7 Å². The molecular formula is C20H27NO4S. The molecule has 5 nitrogen and oxygen atoms in total. The Kier molecular flexibility index (Phi) is 8.06. The average Bonchev–Trinajstić information content (AvgIpc) is 3.04. The topological polar surface area (TPSA) is 68.5 Å². The van der Waals surface area contributed by atoms with Crippen LogP contribution in [0.15, 0.2) is 40.8 Å². The van der Waals surface area contributed by atoms with Gasteiger partial charge in [0.25, 0.3) is 5.91 Å². The number of rotatable bonds is 10. The Labute approximate surface area is 157 Å². The van der Waals surface area contributed by atoms with Crippen LogP contribution >= 0.6 is 0 Å². The molecule has 0 saturated heterocycles. The Hall–Kier alpha value is -1.92. The largest absolute Gasteiger partial charge is 0.455 e. The molecule has 0 aliphatic carbocycles. The maximum absolute atomic E-state index is 12.3. The number of carbonyl (C=O) groups is 1. The van der Waals surface area contributed by atoms with E-state index in [9.17, 15) is 9.00 Å². The van der Waals surface area contributed by atoms with Crippen LogP contribution in [0.3, 0.4) is 0 Å². The minimum atomic E-state index is -1.08. The van der Waals surface area contributed by atoms with Gasteiger partial charge in [0.05, 0.1) is 11.9 Å². The first-order chi connectivity index (χ1) is 12.4. The molecule has 1 atom stereocenters. The molecule has 1 amide bonds. The van der Waals surface area contributed by atoms with E-state index in [4.69, 9.17) is 9.15 Å². The second-order valence-electron chi connectivity index (χ2n) is 6.51. The van der Waals surface area contributed by atoms with Crippen molar-refractivity contribution < 1.29 is 18.2 Å². The number of hydrogen-bond donors (Lipinski definition) is 1. The van der Waals surface area contributed by atoms with Crippen molar-refractivity contribution >= 4 is 16.7 Å². The van der Waals surface area contributed by atoms with Crippen LogP contribution in [-0.4, -0.2) is 29.4 Å². The molecule has 26 heavy (non-hydrogen) atoms. The lowest BCUT2D eigenvalue weighted by atomic mass is 10.2. The Morgan fingerprint density at radius 2 is 1.88 bits per heavy atom. The van der Waals surface area contributed by atoms with Crippen molar-refractivity contribution in [3.8, 4) is 0 Å². The molecule has 142 valence electrons. The van der Waals surface area contributed by atoms with Crippen LogP contribution in [-0.2, 0) is 27.0 Å². The van der Waals surface area contributed by atoms with Gasteiger partial charge in [-0.1, -0.05) is 29.8 Å². The summed E-state index contributed by atoms with van der Waals surface area (Å²) in [7, 11) is -1.08. The number of hydrogen-bond acceptors (Lipinski definition) is 4. The van der Waals surface area contributed by atoms with Gasteiger partial charge >= 0.3 is 0 Å². The van der Waals surface area contributed by atoms with Gasteiger partial charge in [0.2, 0.25) is 0 Å². The van der Waals surface area contributed by atoms with Gasteiger partial charge in [-0.15, -0.1) is 0 Å². The van der Waals surface area contributed by atoms with Gasteiger partial charge < -0.3 is 14.5 Å². The lowest BCUT2D eigenvalue weighted by Gasteiger charge is -2.07. The fourth-order valence-electron chi connectivity index (χ4n) is 2.34. The Morgan fingerprint density at radius 3 is 2.58 bits per heavy atom. The molecule has 1 heterocycles. The van der Waals surface area contributed by atoms with E-state index in [1.807, 2.05) is 45.0 Å². The van der Waals surface area contributed by atoms with Gasteiger partial charge in [-0.25, -0.2) is 0 Å². The molecule has 1 N–H and O–H groups in total. The second-order valence-corrected chi connectivity index (χ2v) is 7.97. The van der Waals surface area contributed by atoms with Gasteiger partial charge in [-0.05, 0) is 44.9 Å². The van der Waals surface area contributed by atoms with Crippen molar-refractivity contribution in [2.24, 2.45) is 0 Å². The zero-order valence-electron chi connectivity index (χ0n) is 15.6. The summed E-state index contributed by atoms with van der Waals surface area (Å²) in [5.74, 6) is 1.31. The summed E-state index contributed by atoms with van der Waals surface area (Å²) in [4.78, 5) is 12.0. The summed E-state index contributed by atoms with van der Waals surface area (Å²) >= 11 is 0. The van der Waals surface area contributed by atoms with E-state index >= 15 is 0 Å². The first kappa shape index (κ1) is 20.4. The molecule has 0 radical (unpaired) electrons. The highest BCUT2D eigenvalue weighted by atomic mass is 32.2. The van der Waals surface area contributed by atoms with Crippen LogP contribution in [0, 0.1) is 6.92 Å². The van der Waals surface area contributed by atoms with Gasteiger partial charge in [-0.2, -0.15) is 0 Å². The van der Waals surface area contributed by atoms with E-state index in [1.54, 1.807) is 12.1 Å². The summed E-state index contributed by atoms with van der Waals surface area (Å²) < 4.78 is 23.2. The number of aryl methyl sites for hydroxylation is 1. The van der Waals surface area contributed by atoms with E-state index in [0.717, 1.165) is 12.0 Å². The summed E-state index contributed by atoms with van der Waals surface area (Å²) in [6.07, 6.45) is 0.942. The van der Waals surface area contributed by atoms with Crippen molar-refractivity contribution in [3.63, 3.8) is 0 Å². The van der Waals surface area contributed by atoms with Crippen molar-refractivity contribution in [2.45, 2.75) is 44.8 Å². The van der Waals surface area contributed by atoms with E-state index in [0.29, 0.717) is 30.4 Å². The zero-order chi connectivity index (χ0) is 18.9. The third-order valence-electron chi connectivity index (χ3n) is 3.69. The number of benzene rings is 1. The molecule has 2 aromatic rings. The molecule has 2 rings (SSSR count). The molecule has 0 bridgehead atoms. The number of furan rings is 1. The number of carbonyl (C=O) groups excluding carboxylic acids is 1. The Bertz CT molecular complexity index is 722. The highest BCUT2D eigenvalue weighted by molar-refractivity contribution is 7.83. The minimum Gasteiger partial charge on any atom is -0.455 e. The summed E-state index contributed by atoms with van der Waals surface area (Å²) in [6.45, 7) is 7.12. The van der Waals surface area contributed by atoms with Crippen molar-refractivity contribution in [1.29, 1.82) is 0 Å². The summed E-state index contributed by atoms with van der Waals surface area (Å²) in [6, 6.07) is 11.3. The maximum Gasteiger partial charge on any atom is 0.286 e. The molecular weight excluding hydrogens is 350 g/mol. The number of ether oxygens (including phenoxy) is 1. The van der Waals surface area contributed by atoms with Gasteiger partial charge in [0, 0.05) is 29.7 Å². The van der Waals surface area contributed by atoms with Gasteiger partial charge in [-0.3, -0.25) is 9.00 Å². The molecule has 0 unspecified atom stereocenters. The van der Waals surface area contributed by atoms with Gasteiger partial charge in [0.15, 0.2) is 5.76 Å². The predicted molar refractivity (Wildman–Crippen MR) is 103 cm³/mol. The average molecular weight is 378 g/mol. The molecule has 0 spiro atoms. The van der Waals surface area contributed by atoms with E-state index in [-0.39, 0.29) is 17.8 Å². The Balaban J connectivity index is 1.76. The van der Waals surface area contributed by atoms with Crippen LogP contribution in [0.2, 0.25) is 0 Å². The number of amides is 1. The molecule has 0 fully saturated rings. The quantitative estimate of drug-likeness (QED) is 0.643. The van der Waals surface area contributed by atoms with Crippen LogP contribution < -0.4 is 5.32 Å². The fraction of sp³-hybridized carbons (Fsp3) is 0.450. The third-order valence-corrected chi connectivity index (χ3v) is 4.96. The zero-order valence-corrected chi connectivity index (χ0v) is 16.4. The van der Waals surface area contributed by atoms with Gasteiger partial charge in [0.1, 0.15) is 5.76 Å². The Morgan fingerprint density at radius 1 is 1.15 bits per heavy atom. The van der Waals surface area contributed by atoms with E-state index < -0.39 is 10.8 Å². The van der Waals surface area contributed by atoms with Crippen LogP contribution in [0.4, 0.5) is 0 Å². The van der Waals surface area contributed by atoms with E-state index in [2.05, 4.69) is 5.32 Å². The lowest BCUT2D eigenvalue weighted by Crippen LogP contribution is -2.25. The molecule has 0 aliphatic heterocycles. The first-order valence-corrected chi connectivity index (χ1v) is 10.3. The van der Waals surface area contributed by atoms with Crippen molar-refractivity contribution in [3.05, 3.63) is 59.0 Å². The first-order valence-electron chi connectivity index (χ1n) is 8.83. The van der Waals surface area contributed by atoms with Crippen LogP contribution in [0.25, 0.3) is 0 Å². The molecule has 1 aromatic heterocycles. The highest BCUT2D eigenvalue weighted by Crippen LogP contribution is 2.13. The SMILES string of the molecule is Cc1ccc(C[S@@](=O)Cc2ccc(C(=O)NCCCOC(C)C)o2)cc1. The molecule has 6 heteroatoms. The fourth-order valence-corrected chi connectivity index (χ4v) is 3.48. The van der Waals surface area contributed by atoms with Crippen molar-refractivity contribution in [1.82, 2.24) is 5.32 Å². The third kappa shape index (κ3) is 7.14. The lowest BCUT2D eigenvalue weighted by molar-refractivity contribution is 0.0753. The molecule has 0 saturated carbocycles. The standard InChI is InChI=1S/C20H27NO4S/c1-15(2)24-12-4-11-21-20(22)19-10-9-18(25-19)14-26(23)13-17-7-5-16(3)6-8-17/h5-10,15H,4,11-14H2,1-3H3,(H,21,22)/t26-/m1/s1. The normalized spacial score (nSPS) is 12.3. The number of nitrogens with one attached hydrogen (secondary N) is 1. The van der Waals surface area contributed by atoms with Crippen LogP contribution in [0.5, 0.6) is 0 Å². The second kappa shape index (κ2) is 10.3. The monoisotopic (exact) mass is 377 g/mol. The smallest absolute Gasteiger partial charge is 0.286 e. The highest BCUT2D eigenvalue weighted by Gasteiger charge is 2.13. The summed E-state index contributed by atoms with van der Waals surface area (Å²) in [5.41, 5.74) is 2.21. The maximum atomic E-state index is 12.3. The minimum absolute atomic E-state index is 0.194. The molecule has 1 aromatic carbocycles. The predicted octanol–water partition coefficient (Wildman–Crippen LogP) is 3.58. The molecule has 0 aliphatic rings. The van der Waals surface area contributed by atoms with E-state index in [1.165, 1.54) is 5.56 Å². The summed E-state index contributed by atoms with van der Waals surface area (Å²) in [5, 5.41) is 2.80.